The molecule has 13 heteroatoms. The Morgan fingerprint density at radius 3 is 2.17 bits per heavy atom. The van der Waals surface area contributed by atoms with Gasteiger partial charge in [0.1, 0.15) is 12.6 Å². The Morgan fingerprint density at radius 1 is 0.917 bits per heavy atom. The van der Waals surface area contributed by atoms with Crippen molar-refractivity contribution in [2.45, 2.75) is 76.7 Å². The second-order valence-electron chi connectivity index (χ2n) is 12.5. The standard InChI is InChI=1S/C35H48N6O6S/c1-6-26(4)33(39-35(44)40(5)23-29-14-10-11-19-36-29)34(43)38-31(20-27-12-8-7-9-13-27)32(42)24-41(22-25(2)3)48(46,47)30-17-15-28(16-18-30)21-37-45/h7-19,25-26,31-33,42H,6,20-24H2,1-5H3,(H,38,43)(H,39,44)/t26-,31-,32+,33-/m0/s1. The van der Waals surface area contributed by atoms with E-state index in [1.807, 2.05) is 64.1 Å². The number of nitrogens with one attached hydrogen (secondary N) is 2. The number of sulfonamides is 1. The molecule has 0 aliphatic rings. The zero-order valence-electron chi connectivity index (χ0n) is 28.3. The molecule has 4 atom stereocenters. The van der Waals surface area contributed by atoms with Gasteiger partial charge in [0.15, 0.2) is 0 Å². The summed E-state index contributed by atoms with van der Waals surface area (Å²) in [6, 6.07) is 18.4. The number of pyridine rings is 1. The maximum absolute atomic E-state index is 13.9. The van der Waals surface area contributed by atoms with Gasteiger partial charge in [0.05, 0.1) is 29.3 Å². The molecular weight excluding hydrogens is 632 g/mol. The van der Waals surface area contributed by atoms with Crippen molar-refractivity contribution in [3.63, 3.8) is 0 Å². The zero-order valence-corrected chi connectivity index (χ0v) is 29.1. The Kier molecular flexibility index (Phi) is 14.6. The SMILES string of the molecule is CC[C@H](C)[C@H](NC(=O)N(C)Cc1ccccn1)C(=O)N[C@@H](Cc1ccccc1)[C@H](O)CN(CC(C)C)S(=O)(=O)c1ccc(CN=O)cc1. The first-order valence-electron chi connectivity index (χ1n) is 16.2. The minimum absolute atomic E-state index is 0.0167. The van der Waals surface area contributed by atoms with Crippen LogP contribution in [0.25, 0.3) is 0 Å². The number of amides is 3. The highest BCUT2D eigenvalue weighted by atomic mass is 32.2. The number of carbonyl (C=O) groups excluding carboxylic acids is 2. The van der Waals surface area contributed by atoms with Crippen molar-refractivity contribution in [3.05, 3.63) is 101 Å². The zero-order chi connectivity index (χ0) is 35.3. The van der Waals surface area contributed by atoms with Crippen LogP contribution in [0.3, 0.4) is 0 Å². The van der Waals surface area contributed by atoms with Gasteiger partial charge in [-0.05, 0) is 53.6 Å². The van der Waals surface area contributed by atoms with Crippen LogP contribution < -0.4 is 10.6 Å². The molecule has 1 aromatic heterocycles. The smallest absolute Gasteiger partial charge is 0.318 e. The van der Waals surface area contributed by atoms with E-state index in [1.165, 1.54) is 33.5 Å². The Morgan fingerprint density at radius 2 is 1.58 bits per heavy atom. The molecule has 0 radical (unpaired) electrons. The number of hydrogen-bond acceptors (Lipinski definition) is 8. The fourth-order valence-corrected chi connectivity index (χ4v) is 6.80. The molecule has 260 valence electrons. The van der Waals surface area contributed by atoms with Crippen LogP contribution in [0.5, 0.6) is 0 Å². The molecule has 0 fully saturated rings. The normalized spacial score (nSPS) is 14.2. The van der Waals surface area contributed by atoms with E-state index in [0.29, 0.717) is 17.7 Å². The molecule has 2 aromatic carbocycles. The van der Waals surface area contributed by atoms with Gasteiger partial charge in [0.25, 0.3) is 0 Å². The van der Waals surface area contributed by atoms with Crippen molar-refractivity contribution in [3.8, 4) is 0 Å². The lowest BCUT2D eigenvalue weighted by Gasteiger charge is -2.33. The molecule has 0 aliphatic carbocycles. The first-order valence-corrected chi connectivity index (χ1v) is 17.6. The maximum Gasteiger partial charge on any atom is 0.318 e. The highest BCUT2D eigenvalue weighted by molar-refractivity contribution is 7.89. The number of hydrogen-bond donors (Lipinski definition) is 3. The topological polar surface area (TPSA) is 161 Å². The van der Waals surface area contributed by atoms with Gasteiger partial charge >= 0.3 is 6.03 Å². The first kappa shape index (κ1) is 38.2. The van der Waals surface area contributed by atoms with Crippen molar-refractivity contribution in [1.29, 1.82) is 0 Å². The van der Waals surface area contributed by atoms with E-state index in [0.717, 1.165) is 5.56 Å². The van der Waals surface area contributed by atoms with Crippen LogP contribution in [0, 0.1) is 16.7 Å². The van der Waals surface area contributed by atoms with Crippen molar-refractivity contribution in [2.24, 2.45) is 17.0 Å². The molecule has 0 bridgehead atoms. The van der Waals surface area contributed by atoms with Gasteiger partial charge in [-0.2, -0.15) is 9.21 Å². The predicted octanol–water partition coefficient (Wildman–Crippen LogP) is 4.34. The third-order valence-electron chi connectivity index (χ3n) is 8.10. The van der Waals surface area contributed by atoms with Gasteiger partial charge in [-0.3, -0.25) is 9.78 Å². The average Bonchev–Trinajstić information content (AvgIpc) is 3.07. The number of urea groups is 1. The average molecular weight is 681 g/mol. The number of aliphatic hydroxyl groups is 1. The van der Waals surface area contributed by atoms with E-state index in [1.54, 1.807) is 25.4 Å². The Labute approximate surface area is 284 Å². The summed E-state index contributed by atoms with van der Waals surface area (Å²) in [4.78, 5) is 43.5. The molecule has 0 saturated carbocycles. The van der Waals surface area contributed by atoms with Gasteiger partial charge in [0.2, 0.25) is 15.9 Å². The number of rotatable bonds is 18. The van der Waals surface area contributed by atoms with Crippen LogP contribution in [-0.4, -0.2) is 78.0 Å². The second-order valence-corrected chi connectivity index (χ2v) is 14.4. The molecule has 3 N–H and O–H groups in total. The number of carbonyl (C=O) groups is 2. The van der Waals surface area contributed by atoms with Crippen LogP contribution in [-0.2, 0) is 34.3 Å². The van der Waals surface area contributed by atoms with Crippen molar-refractivity contribution < 1.29 is 23.1 Å². The number of aliphatic hydroxyl groups excluding tert-OH is 1. The fraction of sp³-hybridized carbons (Fsp3) is 0.457. The third-order valence-corrected chi connectivity index (χ3v) is 9.95. The van der Waals surface area contributed by atoms with E-state index in [2.05, 4.69) is 20.8 Å². The molecule has 3 rings (SSSR count). The van der Waals surface area contributed by atoms with Crippen molar-refractivity contribution in [2.75, 3.05) is 20.1 Å². The van der Waals surface area contributed by atoms with Gasteiger partial charge in [-0.15, -0.1) is 0 Å². The van der Waals surface area contributed by atoms with Crippen LogP contribution >= 0.6 is 0 Å². The molecule has 0 unspecified atom stereocenters. The van der Waals surface area contributed by atoms with E-state index >= 15 is 0 Å². The molecule has 48 heavy (non-hydrogen) atoms. The monoisotopic (exact) mass is 680 g/mol. The summed E-state index contributed by atoms with van der Waals surface area (Å²) in [7, 11) is -2.44. The molecule has 0 saturated heterocycles. The molecule has 0 aliphatic heterocycles. The van der Waals surface area contributed by atoms with Gasteiger partial charge in [-0.25, -0.2) is 13.2 Å². The van der Waals surface area contributed by atoms with Gasteiger partial charge < -0.3 is 20.6 Å². The Hall–Kier alpha value is -4.20. The molecule has 12 nitrogen and oxygen atoms in total. The summed E-state index contributed by atoms with van der Waals surface area (Å²) in [6.07, 6.45) is 1.15. The summed E-state index contributed by atoms with van der Waals surface area (Å²) in [5.41, 5.74) is 2.11. The predicted molar refractivity (Wildman–Crippen MR) is 185 cm³/mol. The quantitative estimate of drug-likeness (QED) is 0.169. The van der Waals surface area contributed by atoms with E-state index in [9.17, 15) is 28.0 Å². The largest absolute Gasteiger partial charge is 0.390 e. The minimum Gasteiger partial charge on any atom is -0.390 e. The number of nitrogens with zero attached hydrogens (tertiary/aromatic N) is 4. The first-order chi connectivity index (χ1) is 22.8. The molecule has 3 amide bonds. The van der Waals surface area contributed by atoms with Crippen molar-refractivity contribution >= 4 is 22.0 Å². The van der Waals surface area contributed by atoms with Crippen LogP contribution in [0.2, 0.25) is 0 Å². The lowest BCUT2D eigenvalue weighted by Crippen LogP contribution is -2.58. The van der Waals surface area contributed by atoms with E-state index in [-0.39, 0.29) is 49.3 Å². The lowest BCUT2D eigenvalue weighted by atomic mass is 9.96. The summed E-state index contributed by atoms with van der Waals surface area (Å²) >= 11 is 0. The lowest BCUT2D eigenvalue weighted by molar-refractivity contribution is -0.125. The summed E-state index contributed by atoms with van der Waals surface area (Å²) in [5.74, 6) is -0.802. The number of nitroso groups, excluding NO2 is 1. The van der Waals surface area contributed by atoms with Crippen LogP contribution in [0.1, 0.15) is 50.9 Å². The molecule has 3 aromatic rings. The highest BCUT2D eigenvalue weighted by Crippen LogP contribution is 2.21. The van der Waals surface area contributed by atoms with Crippen molar-refractivity contribution in [1.82, 2.24) is 24.8 Å². The summed E-state index contributed by atoms with van der Waals surface area (Å²) in [6.45, 7) is 7.53. The Balaban J connectivity index is 1.86. The third kappa shape index (κ3) is 11.2. The highest BCUT2D eigenvalue weighted by Gasteiger charge is 2.34. The number of aromatic nitrogens is 1. The number of benzene rings is 2. The van der Waals surface area contributed by atoms with Gasteiger partial charge in [-0.1, -0.05) is 87.8 Å². The minimum atomic E-state index is -4.06. The summed E-state index contributed by atoms with van der Waals surface area (Å²) in [5, 5.41) is 20.3. The van der Waals surface area contributed by atoms with Gasteiger partial charge in [0, 0.05) is 26.3 Å². The maximum atomic E-state index is 13.9. The van der Waals surface area contributed by atoms with E-state index < -0.39 is 40.1 Å². The summed E-state index contributed by atoms with van der Waals surface area (Å²) < 4.78 is 28.8. The Bertz CT molecular complexity index is 1560. The molecule has 0 spiro atoms. The van der Waals surface area contributed by atoms with E-state index in [4.69, 9.17) is 0 Å². The van der Waals surface area contributed by atoms with Crippen LogP contribution in [0.15, 0.2) is 89.1 Å². The molecular formula is C35H48N6O6S. The second kappa shape index (κ2) is 18.4. The molecule has 1 heterocycles. The van der Waals surface area contributed by atoms with Crippen LogP contribution in [0.4, 0.5) is 4.79 Å². The fourth-order valence-electron chi connectivity index (χ4n) is 5.18.